The van der Waals surface area contributed by atoms with Crippen LogP contribution in [0.5, 0.6) is 11.5 Å². The maximum atomic E-state index is 13.0. The lowest BCUT2D eigenvalue weighted by molar-refractivity contribution is -0.139. The lowest BCUT2D eigenvalue weighted by Crippen LogP contribution is -2.30. The van der Waals surface area contributed by atoms with Gasteiger partial charge in [0.25, 0.3) is 11.7 Å². The lowest BCUT2D eigenvalue weighted by Gasteiger charge is -2.26. The number of aliphatic hydroxyl groups is 1. The number of Topliss-reactive ketones (excluding diaryl/α,β-unsaturated/α-hetero) is 1. The predicted octanol–water partition coefficient (Wildman–Crippen LogP) is 4.58. The van der Waals surface area contributed by atoms with Crippen molar-refractivity contribution < 1.29 is 24.2 Å². The number of aliphatic hydroxyl groups excluding tert-OH is 1. The first kappa shape index (κ1) is 21.7. The summed E-state index contributed by atoms with van der Waals surface area (Å²) < 4.78 is 10.8. The van der Waals surface area contributed by atoms with E-state index >= 15 is 0 Å². The SMILES string of the molecule is CCCCN1C(=O)C(=O)/C(=C(/O)c2ccc(Cl)cc2)[C@H]1c1ccc(OC)cc1OC. The van der Waals surface area contributed by atoms with Gasteiger partial charge in [-0.1, -0.05) is 24.9 Å². The minimum absolute atomic E-state index is 0.0295. The summed E-state index contributed by atoms with van der Waals surface area (Å²) in [6, 6.07) is 10.9. The Morgan fingerprint density at radius 3 is 2.40 bits per heavy atom. The zero-order valence-electron chi connectivity index (χ0n) is 17.1. The first-order chi connectivity index (χ1) is 14.4. The summed E-state index contributed by atoms with van der Waals surface area (Å²) in [6.45, 7) is 2.39. The molecule has 1 atom stereocenters. The Morgan fingerprint density at radius 2 is 1.80 bits per heavy atom. The average Bonchev–Trinajstić information content (AvgIpc) is 3.01. The van der Waals surface area contributed by atoms with Crippen LogP contribution in [0.25, 0.3) is 5.76 Å². The Labute approximate surface area is 180 Å². The summed E-state index contributed by atoms with van der Waals surface area (Å²) in [4.78, 5) is 27.3. The highest BCUT2D eigenvalue weighted by Crippen LogP contribution is 2.43. The third-order valence-corrected chi connectivity index (χ3v) is 5.40. The number of hydrogen-bond donors (Lipinski definition) is 1. The Hall–Kier alpha value is -2.99. The van der Waals surface area contributed by atoms with Crippen LogP contribution in [0.2, 0.25) is 5.02 Å². The molecule has 158 valence electrons. The number of ether oxygens (including phenoxy) is 2. The molecular formula is C23H24ClNO5. The van der Waals surface area contributed by atoms with Gasteiger partial charge >= 0.3 is 0 Å². The number of unbranched alkanes of at least 4 members (excludes halogenated alkanes) is 1. The van der Waals surface area contributed by atoms with Crippen molar-refractivity contribution in [3.8, 4) is 11.5 Å². The summed E-state index contributed by atoms with van der Waals surface area (Å²) in [5.74, 6) is -0.557. The van der Waals surface area contributed by atoms with Crippen LogP contribution in [0, 0.1) is 0 Å². The van der Waals surface area contributed by atoms with E-state index in [1.807, 2.05) is 6.92 Å². The monoisotopic (exact) mass is 429 g/mol. The smallest absolute Gasteiger partial charge is 0.295 e. The molecule has 1 heterocycles. The fourth-order valence-electron chi connectivity index (χ4n) is 3.57. The first-order valence-corrected chi connectivity index (χ1v) is 10.1. The molecule has 1 amide bonds. The Morgan fingerprint density at radius 1 is 1.10 bits per heavy atom. The topological polar surface area (TPSA) is 76.1 Å². The molecule has 0 aromatic heterocycles. The number of likely N-dealkylation sites (tertiary alicyclic amines) is 1. The molecule has 0 aliphatic carbocycles. The van der Waals surface area contributed by atoms with Crippen LogP contribution in [0.4, 0.5) is 0 Å². The third-order valence-electron chi connectivity index (χ3n) is 5.15. The van der Waals surface area contributed by atoms with E-state index in [1.54, 1.807) is 49.6 Å². The van der Waals surface area contributed by atoms with Crippen LogP contribution in [-0.4, -0.2) is 42.5 Å². The molecule has 2 aromatic rings. The standard InChI is InChI=1S/C23H24ClNO5/c1-4-5-12-25-20(17-11-10-16(29-2)13-18(17)30-3)19(22(27)23(25)28)21(26)14-6-8-15(24)9-7-14/h6-11,13,20,26H,4-5,12H2,1-3H3/b21-19+/t20-/m1/s1. The van der Waals surface area contributed by atoms with Gasteiger partial charge in [0.1, 0.15) is 17.3 Å². The van der Waals surface area contributed by atoms with Crippen LogP contribution in [-0.2, 0) is 9.59 Å². The van der Waals surface area contributed by atoms with E-state index in [2.05, 4.69) is 0 Å². The van der Waals surface area contributed by atoms with Crippen LogP contribution in [0.1, 0.15) is 36.9 Å². The number of carbonyl (C=O) groups is 2. The molecule has 1 saturated heterocycles. The van der Waals surface area contributed by atoms with E-state index in [0.29, 0.717) is 34.2 Å². The second-order valence-electron chi connectivity index (χ2n) is 6.96. The molecule has 6 nitrogen and oxygen atoms in total. The normalized spacial score (nSPS) is 18.0. The minimum atomic E-state index is -0.770. The third kappa shape index (κ3) is 4.00. The number of amides is 1. The van der Waals surface area contributed by atoms with Gasteiger partial charge in [-0.2, -0.15) is 0 Å². The fourth-order valence-corrected chi connectivity index (χ4v) is 3.70. The summed E-state index contributed by atoms with van der Waals surface area (Å²) in [7, 11) is 3.05. The number of hydrogen-bond acceptors (Lipinski definition) is 5. The van der Waals surface area contributed by atoms with E-state index in [-0.39, 0.29) is 11.3 Å². The van der Waals surface area contributed by atoms with E-state index in [0.717, 1.165) is 12.8 Å². The Bertz CT molecular complexity index is 984. The fraction of sp³-hybridized carbons (Fsp3) is 0.304. The number of carbonyl (C=O) groups excluding carboxylic acids is 2. The second kappa shape index (κ2) is 9.22. The number of halogens is 1. The molecule has 0 saturated carbocycles. The average molecular weight is 430 g/mol. The highest BCUT2D eigenvalue weighted by molar-refractivity contribution is 6.46. The molecule has 0 unspecified atom stereocenters. The molecule has 3 rings (SSSR count). The maximum absolute atomic E-state index is 13.0. The summed E-state index contributed by atoms with van der Waals surface area (Å²) in [5.41, 5.74) is 1.04. The largest absolute Gasteiger partial charge is 0.507 e. The number of rotatable bonds is 7. The predicted molar refractivity (Wildman–Crippen MR) is 115 cm³/mol. The van der Waals surface area contributed by atoms with Gasteiger partial charge in [-0.15, -0.1) is 0 Å². The van der Waals surface area contributed by atoms with Gasteiger partial charge in [-0.3, -0.25) is 9.59 Å². The Kier molecular flexibility index (Phi) is 6.67. The molecule has 7 heteroatoms. The van der Waals surface area contributed by atoms with Crippen molar-refractivity contribution in [2.75, 3.05) is 20.8 Å². The summed E-state index contributed by atoms with van der Waals surface area (Å²) in [5, 5.41) is 11.5. The molecule has 1 aliphatic heterocycles. The van der Waals surface area contributed by atoms with Gasteiger partial charge in [0, 0.05) is 28.8 Å². The van der Waals surface area contributed by atoms with Gasteiger partial charge in [-0.05, 0) is 42.8 Å². The molecule has 0 bridgehead atoms. The highest BCUT2D eigenvalue weighted by Gasteiger charge is 2.46. The minimum Gasteiger partial charge on any atom is -0.507 e. The van der Waals surface area contributed by atoms with Crippen molar-refractivity contribution in [3.05, 3.63) is 64.2 Å². The van der Waals surface area contributed by atoms with Crippen molar-refractivity contribution in [2.45, 2.75) is 25.8 Å². The van der Waals surface area contributed by atoms with Crippen molar-refractivity contribution in [1.29, 1.82) is 0 Å². The maximum Gasteiger partial charge on any atom is 0.295 e. The van der Waals surface area contributed by atoms with Crippen LogP contribution in [0.15, 0.2) is 48.0 Å². The summed E-state index contributed by atoms with van der Waals surface area (Å²) >= 11 is 5.95. The van der Waals surface area contributed by atoms with E-state index in [4.69, 9.17) is 21.1 Å². The van der Waals surface area contributed by atoms with Gasteiger partial charge in [0.05, 0.1) is 25.8 Å². The lowest BCUT2D eigenvalue weighted by atomic mass is 9.94. The molecule has 0 spiro atoms. The molecule has 2 aromatic carbocycles. The molecule has 1 N–H and O–H groups in total. The number of benzene rings is 2. The van der Waals surface area contributed by atoms with Gasteiger partial charge in [0.2, 0.25) is 0 Å². The van der Waals surface area contributed by atoms with Crippen LogP contribution >= 0.6 is 11.6 Å². The molecule has 1 aliphatic rings. The van der Waals surface area contributed by atoms with E-state index < -0.39 is 17.7 Å². The van der Waals surface area contributed by atoms with Gasteiger partial charge in [-0.25, -0.2) is 0 Å². The van der Waals surface area contributed by atoms with Gasteiger partial charge in [0.15, 0.2) is 0 Å². The molecular weight excluding hydrogens is 406 g/mol. The first-order valence-electron chi connectivity index (χ1n) is 9.69. The molecule has 1 fully saturated rings. The van der Waals surface area contributed by atoms with Crippen LogP contribution < -0.4 is 9.47 Å². The van der Waals surface area contributed by atoms with Crippen molar-refractivity contribution in [2.24, 2.45) is 0 Å². The van der Waals surface area contributed by atoms with Gasteiger partial charge < -0.3 is 19.5 Å². The van der Waals surface area contributed by atoms with Crippen molar-refractivity contribution in [1.82, 2.24) is 4.90 Å². The molecule has 0 radical (unpaired) electrons. The van der Waals surface area contributed by atoms with E-state index in [9.17, 15) is 14.7 Å². The van der Waals surface area contributed by atoms with Crippen molar-refractivity contribution >= 4 is 29.1 Å². The van der Waals surface area contributed by atoms with Crippen molar-refractivity contribution in [3.63, 3.8) is 0 Å². The van der Waals surface area contributed by atoms with E-state index in [1.165, 1.54) is 12.0 Å². The second-order valence-corrected chi connectivity index (χ2v) is 7.40. The quantitative estimate of drug-likeness (QED) is 0.396. The zero-order chi connectivity index (χ0) is 21.8. The zero-order valence-corrected chi connectivity index (χ0v) is 17.9. The highest BCUT2D eigenvalue weighted by atomic mass is 35.5. The van der Waals surface area contributed by atoms with Crippen LogP contribution in [0.3, 0.4) is 0 Å². The number of methoxy groups -OCH3 is 2. The number of nitrogens with zero attached hydrogens (tertiary/aromatic N) is 1. The summed E-state index contributed by atoms with van der Waals surface area (Å²) in [6.07, 6.45) is 1.58. The Balaban J connectivity index is 2.21. The number of ketones is 1. The molecule has 30 heavy (non-hydrogen) atoms.